The highest BCUT2D eigenvalue weighted by molar-refractivity contribution is 8.00. The van der Waals surface area contributed by atoms with Crippen molar-refractivity contribution in [1.82, 2.24) is 0 Å². The Balaban J connectivity index is 1.62. The van der Waals surface area contributed by atoms with E-state index < -0.39 is 11.7 Å². The average Bonchev–Trinajstić information content (AvgIpc) is 3.11. The van der Waals surface area contributed by atoms with E-state index >= 15 is 0 Å². The molecule has 1 fully saturated rings. The van der Waals surface area contributed by atoms with Crippen LogP contribution in [-0.2, 0) is 4.79 Å². The zero-order valence-electron chi connectivity index (χ0n) is 16.1. The van der Waals surface area contributed by atoms with Gasteiger partial charge in [-0.3, -0.25) is 14.5 Å². The van der Waals surface area contributed by atoms with E-state index in [1.165, 1.54) is 42.1 Å². The van der Waals surface area contributed by atoms with Crippen LogP contribution in [0.3, 0.4) is 0 Å². The van der Waals surface area contributed by atoms with Gasteiger partial charge in [0.1, 0.15) is 17.0 Å². The lowest BCUT2D eigenvalue weighted by atomic mass is 10.1. The maximum atomic E-state index is 14.1. The molecule has 0 unspecified atom stereocenters. The van der Waals surface area contributed by atoms with Crippen LogP contribution in [0.25, 0.3) is 0 Å². The SMILES string of the molecule is Cc1c(F)cccc1N1C(=O)CS[C@@H]1c1cccc(NC(=O)c2cccc(F)c2)c1. The number of nitrogens with zero attached hydrogens (tertiary/aromatic N) is 1. The van der Waals surface area contributed by atoms with Crippen LogP contribution in [0.2, 0.25) is 0 Å². The third-order valence-electron chi connectivity index (χ3n) is 4.88. The number of carbonyl (C=O) groups is 2. The maximum absolute atomic E-state index is 14.1. The van der Waals surface area contributed by atoms with Crippen LogP contribution in [-0.4, -0.2) is 17.6 Å². The monoisotopic (exact) mass is 424 g/mol. The summed E-state index contributed by atoms with van der Waals surface area (Å²) < 4.78 is 27.5. The molecule has 0 spiro atoms. The molecule has 1 N–H and O–H groups in total. The van der Waals surface area contributed by atoms with Gasteiger partial charge in [-0.15, -0.1) is 11.8 Å². The van der Waals surface area contributed by atoms with E-state index in [0.29, 0.717) is 16.9 Å². The van der Waals surface area contributed by atoms with Gasteiger partial charge >= 0.3 is 0 Å². The molecule has 4 rings (SSSR count). The van der Waals surface area contributed by atoms with Gasteiger partial charge in [-0.1, -0.05) is 24.3 Å². The number of anilines is 2. The first-order valence-electron chi connectivity index (χ1n) is 9.29. The minimum atomic E-state index is -0.488. The molecule has 0 aromatic heterocycles. The molecule has 1 saturated heterocycles. The molecule has 0 aliphatic carbocycles. The second-order valence-electron chi connectivity index (χ2n) is 6.90. The summed E-state index contributed by atoms with van der Waals surface area (Å²) in [6.07, 6.45) is 0. The predicted octanol–water partition coefficient (Wildman–Crippen LogP) is 5.30. The molecule has 0 radical (unpaired) electrons. The Hall–Kier alpha value is -3.19. The minimum Gasteiger partial charge on any atom is -0.322 e. The van der Waals surface area contributed by atoms with Crippen LogP contribution in [0.5, 0.6) is 0 Å². The van der Waals surface area contributed by atoms with Crippen molar-refractivity contribution in [3.63, 3.8) is 0 Å². The maximum Gasteiger partial charge on any atom is 0.255 e. The highest BCUT2D eigenvalue weighted by Crippen LogP contribution is 2.43. The normalized spacial score (nSPS) is 16.0. The van der Waals surface area contributed by atoms with E-state index in [1.807, 2.05) is 6.07 Å². The fourth-order valence-electron chi connectivity index (χ4n) is 3.39. The van der Waals surface area contributed by atoms with E-state index in [2.05, 4.69) is 5.32 Å². The van der Waals surface area contributed by atoms with Crippen LogP contribution >= 0.6 is 11.8 Å². The fraction of sp³-hybridized carbons (Fsp3) is 0.130. The number of carbonyl (C=O) groups excluding carboxylic acids is 2. The topological polar surface area (TPSA) is 49.4 Å². The van der Waals surface area contributed by atoms with Crippen molar-refractivity contribution in [2.24, 2.45) is 0 Å². The fourth-order valence-corrected chi connectivity index (χ4v) is 4.55. The smallest absolute Gasteiger partial charge is 0.255 e. The van der Waals surface area contributed by atoms with E-state index in [9.17, 15) is 18.4 Å². The lowest BCUT2D eigenvalue weighted by Crippen LogP contribution is -2.28. The van der Waals surface area contributed by atoms with Crippen molar-refractivity contribution in [2.45, 2.75) is 12.3 Å². The van der Waals surface area contributed by atoms with Crippen molar-refractivity contribution in [2.75, 3.05) is 16.0 Å². The van der Waals surface area contributed by atoms with Gasteiger partial charge in [-0.25, -0.2) is 8.78 Å². The first-order chi connectivity index (χ1) is 14.4. The number of benzene rings is 3. The molecule has 3 aromatic rings. The Kier molecular flexibility index (Phi) is 5.55. The van der Waals surface area contributed by atoms with Crippen molar-refractivity contribution in [3.05, 3.63) is 95.1 Å². The van der Waals surface area contributed by atoms with Crippen molar-refractivity contribution in [1.29, 1.82) is 0 Å². The van der Waals surface area contributed by atoms with Gasteiger partial charge in [0.2, 0.25) is 5.91 Å². The second-order valence-corrected chi connectivity index (χ2v) is 7.97. The first-order valence-corrected chi connectivity index (χ1v) is 10.3. The van der Waals surface area contributed by atoms with Gasteiger partial charge in [0.05, 0.1) is 11.4 Å². The average molecular weight is 424 g/mol. The highest BCUT2D eigenvalue weighted by atomic mass is 32.2. The summed E-state index contributed by atoms with van der Waals surface area (Å²) in [6.45, 7) is 1.65. The zero-order chi connectivity index (χ0) is 21.3. The lowest BCUT2D eigenvalue weighted by Gasteiger charge is -2.26. The summed E-state index contributed by atoms with van der Waals surface area (Å²) in [5.41, 5.74) is 2.48. The zero-order valence-corrected chi connectivity index (χ0v) is 16.9. The Labute approximate surface area is 176 Å². The number of nitrogens with one attached hydrogen (secondary N) is 1. The summed E-state index contributed by atoms with van der Waals surface area (Å²) in [5.74, 6) is -1.11. The Morgan fingerprint density at radius 3 is 2.63 bits per heavy atom. The highest BCUT2D eigenvalue weighted by Gasteiger charge is 2.35. The Morgan fingerprint density at radius 1 is 1.07 bits per heavy atom. The van der Waals surface area contributed by atoms with Gasteiger partial charge < -0.3 is 5.32 Å². The quantitative estimate of drug-likeness (QED) is 0.618. The summed E-state index contributed by atoms with van der Waals surface area (Å²) in [6, 6.07) is 17.2. The number of thioether (sulfide) groups is 1. The molecular weight excluding hydrogens is 406 g/mol. The van der Waals surface area contributed by atoms with E-state index in [1.54, 1.807) is 42.2 Å². The van der Waals surface area contributed by atoms with Gasteiger partial charge in [0.25, 0.3) is 5.91 Å². The van der Waals surface area contributed by atoms with Crippen LogP contribution in [0.15, 0.2) is 66.7 Å². The predicted molar refractivity (Wildman–Crippen MR) is 115 cm³/mol. The summed E-state index contributed by atoms with van der Waals surface area (Å²) in [4.78, 5) is 26.6. The molecule has 0 saturated carbocycles. The number of hydrogen-bond acceptors (Lipinski definition) is 3. The van der Waals surface area contributed by atoms with Gasteiger partial charge in [0.15, 0.2) is 0 Å². The molecular formula is C23H18F2N2O2S. The molecule has 7 heteroatoms. The summed E-state index contributed by atoms with van der Waals surface area (Å²) >= 11 is 1.44. The van der Waals surface area contributed by atoms with E-state index in [4.69, 9.17) is 0 Å². The van der Waals surface area contributed by atoms with Crippen molar-refractivity contribution < 1.29 is 18.4 Å². The van der Waals surface area contributed by atoms with Gasteiger partial charge in [-0.2, -0.15) is 0 Å². The lowest BCUT2D eigenvalue weighted by molar-refractivity contribution is -0.115. The number of halogens is 2. The molecule has 1 aliphatic rings. The molecule has 0 bridgehead atoms. The standard InChI is InChI=1S/C23H18F2N2O2S/c1-14-19(25)9-4-10-20(14)27-21(28)13-30-23(27)16-6-3-8-18(12-16)26-22(29)15-5-2-7-17(24)11-15/h2-12,23H,13H2,1H3,(H,26,29)/t23-/m1/s1. The van der Waals surface area contributed by atoms with Crippen LogP contribution < -0.4 is 10.2 Å². The Morgan fingerprint density at radius 2 is 1.83 bits per heavy atom. The second kappa shape index (κ2) is 8.28. The van der Waals surface area contributed by atoms with Crippen molar-refractivity contribution >= 4 is 35.0 Å². The van der Waals surface area contributed by atoms with Crippen LogP contribution in [0, 0.1) is 18.6 Å². The van der Waals surface area contributed by atoms with Gasteiger partial charge in [0, 0.05) is 16.8 Å². The molecule has 1 atom stereocenters. The summed E-state index contributed by atoms with van der Waals surface area (Å²) in [7, 11) is 0. The first kappa shape index (κ1) is 20.1. The third-order valence-corrected chi connectivity index (χ3v) is 6.10. The van der Waals surface area contributed by atoms with E-state index in [-0.39, 0.29) is 28.4 Å². The molecule has 30 heavy (non-hydrogen) atoms. The van der Waals surface area contributed by atoms with Crippen LogP contribution in [0.1, 0.15) is 26.9 Å². The molecule has 1 heterocycles. The molecule has 2 amide bonds. The number of rotatable bonds is 4. The molecule has 4 nitrogen and oxygen atoms in total. The summed E-state index contributed by atoms with van der Waals surface area (Å²) in [5, 5.41) is 2.41. The largest absolute Gasteiger partial charge is 0.322 e. The minimum absolute atomic E-state index is 0.104. The number of amides is 2. The Bertz CT molecular complexity index is 1140. The van der Waals surface area contributed by atoms with Crippen LogP contribution in [0.4, 0.5) is 20.2 Å². The van der Waals surface area contributed by atoms with E-state index in [0.717, 1.165) is 5.56 Å². The molecule has 3 aromatic carbocycles. The van der Waals surface area contributed by atoms with Gasteiger partial charge in [-0.05, 0) is 55.0 Å². The van der Waals surface area contributed by atoms with Crippen molar-refractivity contribution in [3.8, 4) is 0 Å². The molecule has 1 aliphatic heterocycles. The number of hydrogen-bond donors (Lipinski definition) is 1. The third kappa shape index (κ3) is 3.93. The molecule has 152 valence electrons.